The molecular weight excluding hydrogens is 264 g/mol. The maximum atomic E-state index is 12.4. The van der Waals surface area contributed by atoms with Crippen LogP contribution in [0.4, 0.5) is 0 Å². The molecule has 0 unspecified atom stereocenters. The summed E-state index contributed by atoms with van der Waals surface area (Å²) in [6, 6.07) is 8.00. The third kappa shape index (κ3) is 3.23. The number of benzene rings is 1. The Morgan fingerprint density at radius 3 is 2.47 bits per heavy atom. The van der Waals surface area contributed by atoms with Crippen LogP contribution in [0.25, 0.3) is 0 Å². The van der Waals surface area contributed by atoms with Gasteiger partial charge in [0.15, 0.2) is 15.1 Å². The summed E-state index contributed by atoms with van der Waals surface area (Å²) >= 11 is 0. The van der Waals surface area contributed by atoms with Crippen molar-refractivity contribution in [1.29, 1.82) is 0 Å². The Kier molecular flexibility index (Phi) is 4.04. The molecule has 0 heterocycles. The zero-order chi connectivity index (χ0) is 13.9. The largest absolute Gasteiger partial charge is 0.468 e. The normalized spacial score (nSPS) is 15.7. The summed E-state index contributed by atoms with van der Waals surface area (Å²) in [6.45, 7) is 0. The van der Waals surface area contributed by atoms with E-state index in [0.29, 0.717) is 0 Å². The monoisotopic (exact) mass is 280 g/mol. The molecule has 0 bridgehead atoms. The van der Waals surface area contributed by atoms with Crippen LogP contribution in [0.1, 0.15) is 19.3 Å². The van der Waals surface area contributed by atoms with E-state index in [4.69, 9.17) is 0 Å². The number of rotatable bonds is 5. The van der Waals surface area contributed by atoms with E-state index in [9.17, 15) is 13.2 Å². The predicted octanol–water partition coefficient (Wildman–Crippen LogP) is 2.11. The summed E-state index contributed by atoms with van der Waals surface area (Å²) in [7, 11) is -2.49. The van der Waals surface area contributed by atoms with E-state index in [-0.39, 0.29) is 11.3 Å². The fourth-order valence-corrected chi connectivity index (χ4v) is 3.37. The topological polar surface area (TPSA) is 60.4 Å². The first-order valence-corrected chi connectivity index (χ1v) is 7.65. The molecule has 0 aromatic heterocycles. The molecule has 1 aliphatic carbocycles. The van der Waals surface area contributed by atoms with Crippen molar-refractivity contribution in [2.24, 2.45) is 0 Å². The Morgan fingerprint density at radius 1 is 1.32 bits per heavy atom. The van der Waals surface area contributed by atoms with Gasteiger partial charge in [-0.05, 0) is 31.4 Å². The third-order valence-corrected chi connectivity index (χ3v) is 5.13. The van der Waals surface area contributed by atoms with E-state index in [0.717, 1.165) is 12.8 Å². The fraction of sp³-hybridized carbons (Fsp3) is 0.357. The molecule has 4 nitrogen and oxygen atoms in total. The molecule has 1 aromatic rings. The molecule has 1 saturated carbocycles. The summed E-state index contributed by atoms with van der Waals surface area (Å²) in [5.41, 5.74) is 1.21. The Bertz CT molecular complexity index is 581. The summed E-state index contributed by atoms with van der Waals surface area (Å²) in [6.07, 6.45) is 4.01. The van der Waals surface area contributed by atoms with Crippen LogP contribution in [0.5, 0.6) is 0 Å². The highest BCUT2D eigenvalue weighted by atomic mass is 32.2. The second kappa shape index (κ2) is 5.57. The highest BCUT2D eigenvalue weighted by Gasteiger charge is 2.34. The number of hydrogen-bond acceptors (Lipinski definition) is 4. The van der Waals surface area contributed by atoms with Gasteiger partial charge in [-0.1, -0.05) is 29.8 Å². The lowest BCUT2D eigenvalue weighted by atomic mass is 10.3. The van der Waals surface area contributed by atoms with Crippen LogP contribution in [-0.4, -0.2) is 26.7 Å². The van der Waals surface area contributed by atoms with Gasteiger partial charge in [-0.25, -0.2) is 8.42 Å². The second-order valence-corrected chi connectivity index (χ2v) is 6.60. The van der Waals surface area contributed by atoms with Crippen LogP contribution in [0.2, 0.25) is 0 Å². The number of esters is 1. The van der Waals surface area contributed by atoms with Crippen LogP contribution in [0.3, 0.4) is 0 Å². The quantitative estimate of drug-likeness (QED) is 0.612. The maximum absolute atomic E-state index is 12.4. The van der Waals surface area contributed by atoms with Gasteiger partial charge in [0, 0.05) is 0 Å². The van der Waals surface area contributed by atoms with Crippen LogP contribution >= 0.6 is 0 Å². The first kappa shape index (κ1) is 13.8. The number of carbonyl (C=O) groups excluding carboxylic acids is 1. The van der Waals surface area contributed by atoms with Gasteiger partial charge in [-0.3, -0.25) is 4.79 Å². The van der Waals surface area contributed by atoms with Crippen LogP contribution < -0.4 is 0 Å². The van der Waals surface area contributed by atoms with E-state index in [1.165, 1.54) is 24.8 Å². The maximum Gasteiger partial charge on any atom is 0.324 e. The summed E-state index contributed by atoms with van der Waals surface area (Å²) in [4.78, 5) is 11.9. The van der Waals surface area contributed by atoms with Crippen molar-refractivity contribution in [3.05, 3.63) is 42.0 Å². The molecule has 1 fully saturated rings. The Morgan fingerprint density at radius 2 is 1.95 bits per heavy atom. The lowest BCUT2D eigenvalue weighted by Crippen LogP contribution is -2.31. The first-order valence-electron chi connectivity index (χ1n) is 6.10. The van der Waals surface area contributed by atoms with Crippen molar-refractivity contribution in [1.82, 2.24) is 0 Å². The van der Waals surface area contributed by atoms with Gasteiger partial charge in [0.05, 0.1) is 12.0 Å². The lowest BCUT2D eigenvalue weighted by molar-refractivity contribution is -0.140. The molecule has 0 spiro atoms. The zero-order valence-electron chi connectivity index (χ0n) is 10.7. The molecule has 1 aromatic carbocycles. The van der Waals surface area contributed by atoms with Gasteiger partial charge in [0.2, 0.25) is 0 Å². The van der Waals surface area contributed by atoms with Gasteiger partial charge in [-0.15, -0.1) is 0 Å². The predicted molar refractivity (Wildman–Crippen MR) is 71.4 cm³/mol. The zero-order valence-corrected chi connectivity index (χ0v) is 11.5. The highest BCUT2D eigenvalue weighted by Crippen LogP contribution is 2.29. The molecule has 0 aliphatic heterocycles. The van der Waals surface area contributed by atoms with E-state index in [2.05, 4.69) is 4.74 Å². The van der Waals surface area contributed by atoms with Crippen LogP contribution in [0, 0.1) is 0 Å². The second-order valence-electron chi connectivity index (χ2n) is 4.47. The SMILES string of the molecule is COC(=O)[C@@H](CC=C1CC1)S(=O)(=O)c1ccccc1. The molecule has 0 saturated heterocycles. The van der Waals surface area contributed by atoms with E-state index in [1.54, 1.807) is 18.2 Å². The third-order valence-electron chi connectivity index (χ3n) is 3.07. The molecule has 0 N–H and O–H groups in total. The number of sulfone groups is 1. The molecule has 19 heavy (non-hydrogen) atoms. The first-order chi connectivity index (χ1) is 9.05. The number of carbonyl (C=O) groups is 1. The number of ether oxygens (including phenoxy) is 1. The van der Waals surface area contributed by atoms with Crippen molar-refractivity contribution in [2.75, 3.05) is 7.11 Å². The molecule has 102 valence electrons. The van der Waals surface area contributed by atoms with E-state index in [1.807, 2.05) is 6.08 Å². The molecule has 0 amide bonds. The summed E-state index contributed by atoms with van der Waals surface area (Å²) in [5.74, 6) is -0.707. The van der Waals surface area contributed by atoms with Gasteiger partial charge >= 0.3 is 5.97 Å². The number of hydrogen-bond donors (Lipinski definition) is 0. The minimum Gasteiger partial charge on any atom is -0.468 e. The molecule has 5 heteroatoms. The molecule has 1 atom stereocenters. The van der Waals surface area contributed by atoms with E-state index >= 15 is 0 Å². The van der Waals surface area contributed by atoms with Gasteiger partial charge < -0.3 is 4.74 Å². The fourth-order valence-electron chi connectivity index (χ4n) is 1.81. The minimum atomic E-state index is -3.70. The van der Waals surface area contributed by atoms with Gasteiger partial charge in [0.1, 0.15) is 0 Å². The van der Waals surface area contributed by atoms with Crippen LogP contribution in [0.15, 0.2) is 46.9 Å². The highest BCUT2D eigenvalue weighted by molar-refractivity contribution is 7.92. The van der Waals surface area contributed by atoms with E-state index < -0.39 is 21.1 Å². The average Bonchev–Trinajstić information content (AvgIpc) is 3.23. The van der Waals surface area contributed by atoms with Crippen molar-refractivity contribution < 1.29 is 17.9 Å². The molecular formula is C14H16O4S. The lowest BCUT2D eigenvalue weighted by Gasteiger charge is -2.13. The number of allylic oxidation sites excluding steroid dienone is 2. The van der Waals surface area contributed by atoms with Gasteiger partial charge in [-0.2, -0.15) is 0 Å². The Labute approximate surface area is 113 Å². The molecule has 2 rings (SSSR count). The summed E-state index contributed by atoms with van der Waals surface area (Å²) in [5, 5.41) is -1.16. The Balaban J connectivity index is 2.30. The number of methoxy groups -OCH3 is 1. The van der Waals surface area contributed by atoms with Crippen molar-refractivity contribution in [2.45, 2.75) is 29.4 Å². The van der Waals surface area contributed by atoms with Crippen molar-refractivity contribution >= 4 is 15.8 Å². The standard InChI is InChI=1S/C14H16O4S/c1-18-14(15)13(10-9-11-7-8-11)19(16,17)12-5-3-2-4-6-12/h2-6,9,13H,7-8,10H2,1H3/t13-/m1/s1. The Hall–Kier alpha value is -1.62. The average molecular weight is 280 g/mol. The van der Waals surface area contributed by atoms with Crippen molar-refractivity contribution in [3.63, 3.8) is 0 Å². The molecule has 0 radical (unpaired) electrons. The van der Waals surface area contributed by atoms with Gasteiger partial charge in [0.25, 0.3) is 0 Å². The minimum absolute atomic E-state index is 0.152. The molecule has 1 aliphatic rings. The summed E-state index contributed by atoms with van der Waals surface area (Å²) < 4.78 is 29.5. The smallest absolute Gasteiger partial charge is 0.324 e. The van der Waals surface area contributed by atoms with Crippen LogP contribution in [-0.2, 0) is 19.4 Å². The van der Waals surface area contributed by atoms with Crippen molar-refractivity contribution in [3.8, 4) is 0 Å².